The zero-order valence-corrected chi connectivity index (χ0v) is 40.1. The van der Waals surface area contributed by atoms with E-state index in [1.165, 1.54) is 0 Å². The molecule has 0 bridgehead atoms. The third-order valence-electron chi connectivity index (χ3n) is 8.98. The smallest absolute Gasteiger partial charge is 0.306 e. The maximum Gasteiger partial charge on any atom is 0.306 e. The normalized spacial score (nSPS) is 14.6. The van der Waals surface area contributed by atoms with Crippen LogP contribution in [0, 0.1) is 0 Å². The summed E-state index contributed by atoms with van der Waals surface area (Å²) in [5.41, 5.74) is 0. The maximum absolute atomic E-state index is 12.7. The van der Waals surface area contributed by atoms with Crippen molar-refractivity contribution in [3.05, 3.63) is 122 Å². The van der Waals surface area contributed by atoms with E-state index in [1.807, 2.05) is 21.1 Å². The number of carbonyl (C=O) groups excluding carboxylic acids is 2. The monoisotopic (exact) mass is 882 g/mol. The van der Waals surface area contributed by atoms with Crippen LogP contribution < -0.4 is 4.89 Å². The van der Waals surface area contributed by atoms with Crippen LogP contribution in [0.25, 0.3) is 0 Å². The Labute approximate surface area is 378 Å². The van der Waals surface area contributed by atoms with E-state index in [0.29, 0.717) is 23.9 Å². The summed E-state index contributed by atoms with van der Waals surface area (Å²) in [7, 11) is 1.10. The minimum Gasteiger partial charge on any atom is -0.756 e. The topological polar surface area (TPSA) is 111 Å². The van der Waals surface area contributed by atoms with Crippen molar-refractivity contribution in [1.29, 1.82) is 0 Å². The number of hydrogen-bond donors (Lipinski definition) is 0. The lowest BCUT2D eigenvalue weighted by molar-refractivity contribution is -0.870. The van der Waals surface area contributed by atoms with Crippen LogP contribution in [-0.4, -0.2) is 70.0 Å². The van der Waals surface area contributed by atoms with E-state index in [1.54, 1.807) is 0 Å². The fourth-order valence-electron chi connectivity index (χ4n) is 5.41. The summed E-state index contributed by atoms with van der Waals surface area (Å²) in [6.45, 7) is 3.89. The molecule has 0 saturated heterocycles. The first kappa shape index (κ1) is 58.4. The van der Waals surface area contributed by atoms with Crippen molar-refractivity contribution in [2.75, 3.05) is 47.5 Å². The highest BCUT2D eigenvalue weighted by Crippen LogP contribution is 2.38. The van der Waals surface area contributed by atoms with E-state index in [0.717, 1.165) is 103 Å². The number of unbranched alkanes of at least 4 members (excludes halogenated alkanes) is 6. The quantitative estimate of drug-likeness (QED) is 0.0197. The number of allylic oxidation sites excluding steroid dienone is 20. The van der Waals surface area contributed by atoms with Gasteiger partial charge in [-0.2, -0.15) is 0 Å². The van der Waals surface area contributed by atoms with Crippen molar-refractivity contribution in [3.8, 4) is 0 Å². The third-order valence-corrected chi connectivity index (χ3v) is 9.94. The van der Waals surface area contributed by atoms with Gasteiger partial charge < -0.3 is 27.9 Å². The Morgan fingerprint density at radius 2 is 0.871 bits per heavy atom. The molecule has 0 rings (SSSR count). The molecule has 0 aromatic carbocycles. The second-order valence-electron chi connectivity index (χ2n) is 16.0. The van der Waals surface area contributed by atoms with Crippen molar-refractivity contribution >= 4 is 19.8 Å². The van der Waals surface area contributed by atoms with Gasteiger partial charge in [0.25, 0.3) is 7.82 Å². The highest BCUT2D eigenvalue weighted by atomic mass is 31.2. The number of phosphoric ester groups is 1. The summed E-state index contributed by atoms with van der Waals surface area (Å²) < 4.78 is 33.9. The Kier molecular flexibility index (Phi) is 40.2. The molecular weight excluding hydrogens is 798 g/mol. The molecule has 62 heavy (non-hydrogen) atoms. The van der Waals surface area contributed by atoms with E-state index in [2.05, 4.69) is 135 Å². The number of carbonyl (C=O) groups is 2. The Hall–Kier alpha value is -3.59. The molecule has 9 nitrogen and oxygen atoms in total. The summed E-state index contributed by atoms with van der Waals surface area (Å²) in [4.78, 5) is 37.6. The molecule has 0 aromatic rings. The zero-order valence-electron chi connectivity index (χ0n) is 39.3. The second-order valence-corrected chi connectivity index (χ2v) is 17.4. The van der Waals surface area contributed by atoms with Crippen LogP contribution in [0.1, 0.15) is 142 Å². The Bertz CT molecular complexity index is 1460. The van der Waals surface area contributed by atoms with Crippen LogP contribution in [0.15, 0.2) is 122 Å². The number of nitrogens with zero attached hydrogens (tertiary/aromatic N) is 1. The summed E-state index contributed by atoms with van der Waals surface area (Å²) in [5.74, 6) is -0.924. The predicted octanol–water partition coefficient (Wildman–Crippen LogP) is 13.1. The van der Waals surface area contributed by atoms with Crippen LogP contribution in [-0.2, 0) is 32.7 Å². The predicted molar refractivity (Wildman–Crippen MR) is 258 cm³/mol. The molecule has 2 unspecified atom stereocenters. The lowest BCUT2D eigenvalue weighted by atomic mass is 10.1. The number of phosphoric acid groups is 1. The van der Waals surface area contributed by atoms with E-state index in [-0.39, 0.29) is 26.1 Å². The number of likely N-dealkylation sites (N-methyl/N-ethyl adjacent to an activating group) is 1. The molecule has 2 atom stereocenters. The highest BCUT2D eigenvalue weighted by Gasteiger charge is 2.21. The molecule has 350 valence electrons. The van der Waals surface area contributed by atoms with Gasteiger partial charge in [-0.05, 0) is 103 Å². The van der Waals surface area contributed by atoms with Gasteiger partial charge in [-0.3, -0.25) is 14.2 Å². The van der Waals surface area contributed by atoms with Crippen molar-refractivity contribution in [3.63, 3.8) is 0 Å². The molecule has 0 saturated carbocycles. The molecule has 0 aromatic heterocycles. The van der Waals surface area contributed by atoms with Gasteiger partial charge in [0.15, 0.2) is 6.10 Å². The number of quaternary nitrogens is 1. The largest absolute Gasteiger partial charge is 0.756 e. The molecule has 0 radical (unpaired) electrons. The van der Waals surface area contributed by atoms with Crippen molar-refractivity contribution in [2.45, 2.75) is 148 Å². The molecule has 0 N–H and O–H groups in total. The van der Waals surface area contributed by atoms with Crippen molar-refractivity contribution in [1.82, 2.24) is 0 Å². The van der Waals surface area contributed by atoms with Crippen molar-refractivity contribution in [2.24, 2.45) is 0 Å². The Morgan fingerprint density at radius 1 is 0.500 bits per heavy atom. The van der Waals surface area contributed by atoms with Crippen LogP contribution in [0.3, 0.4) is 0 Å². The maximum atomic E-state index is 12.7. The summed E-state index contributed by atoms with van der Waals surface area (Å²) in [6.07, 6.45) is 59.4. The van der Waals surface area contributed by atoms with E-state index in [9.17, 15) is 19.0 Å². The van der Waals surface area contributed by atoms with Gasteiger partial charge >= 0.3 is 11.9 Å². The van der Waals surface area contributed by atoms with E-state index in [4.69, 9.17) is 18.5 Å². The number of rotatable bonds is 40. The van der Waals surface area contributed by atoms with Gasteiger partial charge in [-0.25, -0.2) is 0 Å². The molecule has 0 amide bonds. The lowest BCUT2D eigenvalue weighted by Crippen LogP contribution is -2.37. The Balaban J connectivity index is 4.49. The highest BCUT2D eigenvalue weighted by molar-refractivity contribution is 7.45. The van der Waals surface area contributed by atoms with Gasteiger partial charge in [-0.15, -0.1) is 0 Å². The van der Waals surface area contributed by atoms with E-state index < -0.39 is 32.5 Å². The third kappa shape index (κ3) is 45.9. The molecule has 10 heteroatoms. The standard InChI is InChI=1S/C52H84NO8P/c1-6-8-10-12-14-16-18-20-22-24-26-28-30-32-34-36-38-40-42-44-51(54)58-48-50(49-60-62(56,57)59-47-46-53(3,4)5)61-52(55)45-43-41-39-37-35-33-31-29-27-25-23-21-19-17-15-13-11-9-7-2/h8-11,14-17,20-23,26-29,32-35,50H,6-7,12-13,18-19,24-25,30-31,36-49H2,1-5H3/b10-8-,11-9-,16-14-,17-15-,22-20-,23-21-,28-26-,29-27-,34-32-,35-33-. The van der Waals surface area contributed by atoms with Gasteiger partial charge in [0.05, 0.1) is 27.7 Å². The van der Waals surface area contributed by atoms with Gasteiger partial charge in [0.1, 0.15) is 19.8 Å². The fourth-order valence-corrected chi connectivity index (χ4v) is 6.14. The zero-order chi connectivity index (χ0) is 45.7. The summed E-state index contributed by atoms with van der Waals surface area (Å²) >= 11 is 0. The molecule has 0 heterocycles. The minimum absolute atomic E-state index is 0.0512. The van der Waals surface area contributed by atoms with Crippen LogP contribution in [0.4, 0.5) is 0 Å². The molecule has 0 spiro atoms. The molecule has 0 aliphatic rings. The van der Waals surface area contributed by atoms with Crippen molar-refractivity contribution < 1.29 is 42.1 Å². The molecular formula is C52H84NO8P. The number of esters is 2. The first-order valence-electron chi connectivity index (χ1n) is 23.2. The summed E-state index contributed by atoms with van der Waals surface area (Å²) in [6, 6.07) is 0. The Morgan fingerprint density at radius 3 is 1.26 bits per heavy atom. The first-order chi connectivity index (χ1) is 30.0. The molecule has 0 aliphatic carbocycles. The van der Waals surface area contributed by atoms with Crippen LogP contribution in [0.5, 0.6) is 0 Å². The second kappa shape index (κ2) is 42.7. The van der Waals surface area contributed by atoms with Gasteiger partial charge in [0.2, 0.25) is 0 Å². The number of hydrogen-bond acceptors (Lipinski definition) is 8. The average molecular weight is 882 g/mol. The van der Waals surface area contributed by atoms with Crippen LogP contribution >= 0.6 is 7.82 Å². The first-order valence-corrected chi connectivity index (χ1v) is 24.7. The molecule has 0 aliphatic heterocycles. The number of ether oxygens (including phenoxy) is 2. The SMILES string of the molecule is CC/C=C\C/C=C\C/C=C\C/C=C\C/C=C\CCCCCC(=O)OCC(COP(=O)([O-])OCC[N+](C)(C)C)OC(=O)CCCCC/C=C\C/C=C\C/C=C\C/C=C\C/C=C\CC. The van der Waals surface area contributed by atoms with Gasteiger partial charge in [-0.1, -0.05) is 148 Å². The molecule has 0 fully saturated rings. The fraction of sp³-hybridized carbons (Fsp3) is 0.577. The average Bonchev–Trinajstić information content (AvgIpc) is 3.23. The minimum atomic E-state index is -4.66. The van der Waals surface area contributed by atoms with Gasteiger partial charge in [0, 0.05) is 12.8 Å². The lowest BCUT2D eigenvalue weighted by Gasteiger charge is -2.28. The summed E-state index contributed by atoms with van der Waals surface area (Å²) in [5, 5.41) is 0. The van der Waals surface area contributed by atoms with Crippen LogP contribution in [0.2, 0.25) is 0 Å². The van der Waals surface area contributed by atoms with E-state index >= 15 is 0 Å².